The summed E-state index contributed by atoms with van der Waals surface area (Å²) in [6, 6.07) is 0. The fourth-order valence-electron chi connectivity index (χ4n) is 0.855. The van der Waals surface area contributed by atoms with Gasteiger partial charge in [0.15, 0.2) is 10.2 Å². The molecule has 1 heterocycles. The van der Waals surface area contributed by atoms with Crippen LogP contribution in [0.5, 0.6) is 0 Å². The Labute approximate surface area is 141 Å². The average Bonchev–Trinajstić information content (AvgIpc) is 2.56. The maximum atomic E-state index is 12.1. The summed E-state index contributed by atoms with van der Waals surface area (Å²) in [6.45, 7) is 11.3. The van der Waals surface area contributed by atoms with Gasteiger partial charge in [0, 0.05) is 10.8 Å². The van der Waals surface area contributed by atoms with Crippen LogP contribution in [0.3, 0.4) is 0 Å². The van der Waals surface area contributed by atoms with Gasteiger partial charge in [-0.1, -0.05) is 53.8 Å². The van der Waals surface area contributed by atoms with Crippen LogP contribution in [0.25, 0.3) is 0 Å². The smallest absolute Gasteiger partial charge is 0.199 e. The molecular weight excluding hydrogens is 348 g/mol. The number of rotatable bonds is 2. The second-order valence-electron chi connectivity index (χ2n) is 6.31. The van der Waals surface area contributed by atoms with Gasteiger partial charge in [0.1, 0.15) is 3.14 Å². The van der Waals surface area contributed by atoms with E-state index in [-0.39, 0.29) is 10.2 Å². The summed E-state index contributed by atoms with van der Waals surface area (Å²) in [5.74, 6) is 0. The molecule has 1 rings (SSSR count). The lowest BCUT2D eigenvalue weighted by molar-refractivity contribution is -0.118. The van der Waals surface area contributed by atoms with Crippen molar-refractivity contribution in [3.63, 3.8) is 0 Å². The quantitative estimate of drug-likeness (QED) is 0.483. The van der Waals surface area contributed by atoms with E-state index in [4.69, 9.17) is 12.2 Å². The zero-order valence-electron chi connectivity index (χ0n) is 12.4. The van der Waals surface area contributed by atoms with Gasteiger partial charge in [0.2, 0.25) is 0 Å². The van der Waals surface area contributed by atoms with Crippen molar-refractivity contribution in [1.82, 2.24) is 0 Å². The summed E-state index contributed by atoms with van der Waals surface area (Å²) in [7, 11) is 0. The Morgan fingerprint density at radius 1 is 0.850 bits per heavy atom. The third-order valence-electron chi connectivity index (χ3n) is 2.11. The van der Waals surface area contributed by atoms with Gasteiger partial charge in [-0.15, -0.1) is 22.7 Å². The van der Waals surface area contributed by atoms with Gasteiger partial charge in [-0.05, 0) is 23.5 Å². The van der Waals surface area contributed by atoms with Crippen molar-refractivity contribution in [3.05, 3.63) is 3.14 Å². The van der Waals surface area contributed by atoms with E-state index in [0.717, 1.165) is 11.6 Å². The normalized spacial score (nSPS) is 12.5. The molecule has 0 saturated heterocycles. The standard InChI is InChI=1S/C13H18O2S5/c1-12(2,3)9(14)17-7-8(20-11(16)19-7)18-10(15)13(4,5)6/h1-6H3. The first-order valence-electron chi connectivity index (χ1n) is 6.00. The number of thioether (sulfide) groups is 2. The third-order valence-corrected chi connectivity index (χ3v) is 8.12. The van der Waals surface area contributed by atoms with Crippen molar-refractivity contribution in [2.24, 2.45) is 10.8 Å². The van der Waals surface area contributed by atoms with E-state index < -0.39 is 10.8 Å². The first-order chi connectivity index (χ1) is 8.91. The maximum absolute atomic E-state index is 12.1. The molecule has 0 aliphatic carbocycles. The first kappa shape index (κ1) is 18.4. The molecule has 0 fully saturated rings. The Morgan fingerprint density at radius 2 is 1.15 bits per heavy atom. The lowest BCUT2D eigenvalue weighted by Crippen LogP contribution is -2.17. The molecule has 0 unspecified atom stereocenters. The molecular formula is C13H18O2S5. The van der Waals surface area contributed by atoms with Crippen LogP contribution in [0.15, 0.2) is 8.42 Å². The zero-order chi connectivity index (χ0) is 15.7. The van der Waals surface area contributed by atoms with E-state index in [1.165, 1.54) is 46.2 Å². The topological polar surface area (TPSA) is 34.1 Å². The summed E-state index contributed by atoms with van der Waals surface area (Å²) >= 11 is 10.4. The molecule has 0 aliphatic rings. The van der Waals surface area contributed by atoms with E-state index in [0.29, 0.717) is 0 Å². The summed E-state index contributed by atoms with van der Waals surface area (Å²) in [5.41, 5.74) is -0.812. The molecule has 20 heavy (non-hydrogen) atoms. The van der Waals surface area contributed by atoms with Crippen LogP contribution in [-0.2, 0) is 9.59 Å². The molecule has 7 heteroatoms. The second kappa shape index (κ2) is 6.60. The largest absolute Gasteiger partial charge is 0.286 e. The van der Waals surface area contributed by atoms with Crippen molar-refractivity contribution < 1.29 is 9.59 Å². The van der Waals surface area contributed by atoms with Gasteiger partial charge in [-0.2, -0.15) is 0 Å². The van der Waals surface area contributed by atoms with E-state index >= 15 is 0 Å². The zero-order valence-corrected chi connectivity index (χ0v) is 16.4. The van der Waals surface area contributed by atoms with Gasteiger partial charge in [0.25, 0.3) is 0 Å². The minimum absolute atomic E-state index is 0.0895. The Kier molecular flexibility index (Phi) is 6.06. The highest BCUT2D eigenvalue weighted by Crippen LogP contribution is 2.44. The molecule has 1 aromatic heterocycles. The lowest BCUT2D eigenvalue weighted by atomic mass is 9.99. The molecule has 0 aliphatic heterocycles. The van der Waals surface area contributed by atoms with Crippen LogP contribution in [-0.4, -0.2) is 10.2 Å². The molecule has 1 aromatic rings. The van der Waals surface area contributed by atoms with Gasteiger partial charge in [-0.25, -0.2) is 0 Å². The predicted octanol–water partition coefficient (Wildman–Crippen LogP) is 5.87. The minimum atomic E-state index is -0.406. The number of carbonyl (C=O) groups is 2. The Hall–Kier alpha value is 0.310. The summed E-state index contributed by atoms with van der Waals surface area (Å²) < 4.78 is 2.45. The summed E-state index contributed by atoms with van der Waals surface area (Å²) in [5, 5.41) is 0.179. The maximum Gasteiger partial charge on any atom is 0.199 e. The van der Waals surface area contributed by atoms with Gasteiger partial charge >= 0.3 is 0 Å². The fourth-order valence-corrected chi connectivity index (χ4v) is 6.53. The van der Waals surface area contributed by atoms with Crippen molar-refractivity contribution in [3.8, 4) is 0 Å². The lowest BCUT2D eigenvalue weighted by Gasteiger charge is -2.16. The van der Waals surface area contributed by atoms with Crippen LogP contribution in [0.1, 0.15) is 41.5 Å². The number of hydrogen-bond acceptors (Lipinski definition) is 7. The van der Waals surface area contributed by atoms with E-state index in [1.54, 1.807) is 0 Å². The fraction of sp³-hybridized carbons (Fsp3) is 0.615. The van der Waals surface area contributed by atoms with Crippen molar-refractivity contribution in [2.75, 3.05) is 0 Å². The van der Waals surface area contributed by atoms with Crippen LogP contribution < -0.4 is 0 Å². The Morgan fingerprint density at radius 3 is 1.40 bits per heavy atom. The number of hydrogen-bond donors (Lipinski definition) is 0. The van der Waals surface area contributed by atoms with Crippen LogP contribution in [0.4, 0.5) is 0 Å². The van der Waals surface area contributed by atoms with E-state index in [2.05, 4.69) is 0 Å². The monoisotopic (exact) mass is 366 g/mol. The highest BCUT2D eigenvalue weighted by Gasteiger charge is 2.28. The highest BCUT2D eigenvalue weighted by atomic mass is 32.2. The summed E-state index contributed by atoms with van der Waals surface area (Å²) in [6.07, 6.45) is 0. The van der Waals surface area contributed by atoms with Crippen LogP contribution in [0.2, 0.25) is 0 Å². The molecule has 0 radical (unpaired) electrons. The molecule has 0 bridgehead atoms. The van der Waals surface area contributed by atoms with Gasteiger partial charge in [0.05, 0.1) is 8.42 Å². The second-order valence-corrected chi connectivity index (χ2v) is 12.0. The van der Waals surface area contributed by atoms with Crippen molar-refractivity contribution >= 4 is 68.6 Å². The molecule has 2 nitrogen and oxygen atoms in total. The predicted molar refractivity (Wildman–Crippen MR) is 93.7 cm³/mol. The highest BCUT2D eigenvalue weighted by molar-refractivity contribution is 8.18. The Balaban J connectivity index is 2.98. The molecule has 0 amide bonds. The average molecular weight is 367 g/mol. The van der Waals surface area contributed by atoms with E-state index in [1.807, 2.05) is 41.5 Å². The van der Waals surface area contributed by atoms with Gasteiger partial charge < -0.3 is 0 Å². The Bertz CT molecular complexity index is 520. The summed E-state index contributed by atoms with van der Waals surface area (Å²) in [4.78, 5) is 24.2. The molecule has 112 valence electrons. The minimum Gasteiger partial charge on any atom is -0.286 e. The third kappa shape index (κ3) is 5.26. The van der Waals surface area contributed by atoms with Crippen molar-refractivity contribution in [1.29, 1.82) is 0 Å². The SMILES string of the molecule is CC(C)(C)C(=O)Sc1sc(=S)sc1SC(=O)C(C)(C)C. The van der Waals surface area contributed by atoms with Crippen LogP contribution in [0, 0.1) is 14.0 Å². The van der Waals surface area contributed by atoms with Crippen molar-refractivity contribution in [2.45, 2.75) is 50.0 Å². The first-order valence-corrected chi connectivity index (χ1v) is 9.67. The van der Waals surface area contributed by atoms with E-state index in [9.17, 15) is 9.59 Å². The molecule has 0 spiro atoms. The van der Waals surface area contributed by atoms with Crippen LogP contribution >= 0.6 is 58.4 Å². The number of carbonyl (C=O) groups excluding carboxylic acids is 2. The molecule has 0 atom stereocenters. The molecule has 0 N–H and O–H groups in total. The van der Waals surface area contributed by atoms with Gasteiger partial charge in [-0.3, -0.25) is 9.59 Å². The molecule has 0 saturated carbocycles. The molecule has 0 aromatic carbocycles.